The van der Waals surface area contributed by atoms with E-state index in [2.05, 4.69) is 31.0 Å². The summed E-state index contributed by atoms with van der Waals surface area (Å²) in [6.45, 7) is 5.36. The van der Waals surface area contributed by atoms with E-state index < -0.39 is 0 Å². The molecule has 4 rings (SSSR count). The molecule has 8 nitrogen and oxygen atoms in total. The normalized spacial score (nSPS) is 20.0. The van der Waals surface area contributed by atoms with Crippen LogP contribution in [-0.2, 0) is 24.4 Å². The topological polar surface area (TPSA) is 80.9 Å². The van der Waals surface area contributed by atoms with Crippen molar-refractivity contribution in [1.82, 2.24) is 34.8 Å². The number of fused-ring (bicyclic) bond motifs is 1. The Morgan fingerprint density at radius 3 is 2.89 bits per heavy atom. The Balaban J connectivity index is 1.36. The number of nitrogens with one attached hydrogen (secondary N) is 1. The van der Waals surface area contributed by atoms with Gasteiger partial charge in [0, 0.05) is 25.7 Å². The molecule has 0 saturated heterocycles. The first-order valence-corrected chi connectivity index (χ1v) is 10.1. The Labute approximate surface area is 159 Å². The minimum Gasteiger partial charge on any atom is -0.349 e. The van der Waals surface area contributed by atoms with E-state index in [1.807, 2.05) is 6.92 Å². The molecular formula is C19H29N7O. The molecule has 1 fully saturated rings. The molecule has 27 heavy (non-hydrogen) atoms. The number of carbonyl (C=O) groups excluding carboxylic acids is 1. The van der Waals surface area contributed by atoms with Crippen LogP contribution in [-0.4, -0.2) is 47.9 Å². The molecule has 3 heterocycles. The third-order valence-electron chi connectivity index (χ3n) is 5.84. The van der Waals surface area contributed by atoms with E-state index in [-0.39, 0.29) is 11.9 Å². The zero-order chi connectivity index (χ0) is 18.6. The Morgan fingerprint density at radius 2 is 2.11 bits per heavy atom. The first kappa shape index (κ1) is 18.2. The second-order valence-corrected chi connectivity index (χ2v) is 7.74. The Morgan fingerprint density at radius 1 is 1.26 bits per heavy atom. The highest BCUT2D eigenvalue weighted by atomic mass is 16.2. The average molecular weight is 371 g/mol. The van der Waals surface area contributed by atoms with E-state index >= 15 is 0 Å². The molecule has 2 aromatic rings. The second-order valence-electron chi connectivity index (χ2n) is 7.74. The van der Waals surface area contributed by atoms with Crippen molar-refractivity contribution >= 4 is 5.91 Å². The highest BCUT2D eigenvalue weighted by molar-refractivity contribution is 5.79. The van der Waals surface area contributed by atoms with Crippen LogP contribution in [0, 0.1) is 0 Å². The van der Waals surface area contributed by atoms with Gasteiger partial charge in [-0.15, -0.1) is 0 Å². The van der Waals surface area contributed by atoms with Gasteiger partial charge in [-0.2, -0.15) is 10.2 Å². The van der Waals surface area contributed by atoms with E-state index in [0.717, 1.165) is 37.8 Å². The van der Waals surface area contributed by atoms with Gasteiger partial charge in [-0.3, -0.25) is 14.4 Å². The summed E-state index contributed by atoms with van der Waals surface area (Å²) >= 11 is 0. The molecule has 1 aliphatic carbocycles. The van der Waals surface area contributed by atoms with Crippen LogP contribution in [0.4, 0.5) is 0 Å². The Kier molecular flexibility index (Phi) is 5.52. The largest absolute Gasteiger partial charge is 0.349 e. The molecule has 1 aliphatic heterocycles. The highest BCUT2D eigenvalue weighted by Gasteiger charge is 2.25. The molecule has 8 heteroatoms. The summed E-state index contributed by atoms with van der Waals surface area (Å²) in [7, 11) is 0. The van der Waals surface area contributed by atoms with Crippen LogP contribution in [0.2, 0.25) is 0 Å². The molecule has 1 N–H and O–H groups in total. The second kappa shape index (κ2) is 8.21. The molecular weight excluding hydrogens is 342 g/mol. The summed E-state index contributed by atoms with van der Waals surface area (Å²) in [5.41, 5.74) is 2.20. The van der Waals surface area contributed by atoms with E-state index in [1.54, 1.807) is 11.0 Å². The molecule has 146 valence electrons. The predicted octanol–water partition coefficient (Wildman–Crippen LogP) is 1.89. The van der Waals surface area contributed by atoms with Crippen LogP contribution in [0.5, 0.6) is 0 Å². The van der Waals surface area contributed by atoms with E-state index in [0.29, 0.717) is 6.54 Å². The lowest BCUT2D eigenvalue weighted by Gasteiger charge is -2.33. The van der Waals surface area contributed by atoms with E-state index in [9.17, 15) is 4.79 Å². The van der Waals surface area contributed by atoms with Gasteiger partial charge >= 0.3 is 0 Å². The minimum absolute atomic E-state index is 0.0764. The van der Waals surface area contributed by atoms with Crippen LogP contribution < -0.4 is 5.32 Å². The van der Waals surface area contributed by atoms with Crippen LogP contribution >= 0.6 is 0 Å². The molecule has 1 saturated carbocycles. The number of rotatable bonds is 5. The van der Waals surface area contributed by atoms with Gasteiger partial charge in [-0.1, -0.05) is 19.3 Å². The lowest BCUT2D eigenvalue weighted by Crippen LogP contribution is -2.36. The smallest absolute Gasteiger partial charge is 0.244 e. The van der Waals surface area contributed by atoms with Crippen molar-refractivity contribution < 1.29 is 4.79 Å². The molecule has 1 unspecified atom stereocenters. The summed E-state index contributed by atoms with van der Waals surface area (Å²) < 4.78 is 3.69. The number of hydrogen-bond acceptors (Lipinski definition) is 5. The van der Waals surface area contributed by atoms with Crippen LogP contribution in [0.25, 0.3) is 0 Å². The fraction of sp³-hybridized carbons (Fsp3) is 0.684. The number of hydrogen-bond donors (Lipinski definition) is 1. The summed E-state index contributed by atoms with van der Waals surface area (Å²) in [4.78, 5) is 18.9. The number of aromatic nitrogens is 5. The van der Waals surface area contributed by atoms with Gasteiger partial charge in [0.1, 0.15) is 18.7 Å². The zero-order valence-corrected chi connectivity index (χ0v) is 16.0. The van der Waals surface area contributed by atoms with Crippen molar-refractivity contribution in [2.45, 2.75) is 77.2 Å². The maximum absolute atomic E-state index is 12.3. The molecule has 0 spiro atoms. The molecule has 0 bridgehead atoms. The van der Waals surface area contributed by atoms with Gasteiger partial charge in [-0.05, 0) is 32.3 Å². The third-order valence-corrected chi connectivity index (χ3v) is 5.84. The molecule has 2 aromatic heterocycles. The van der Waals surface area contributed by atoms with Gasteiger partial charge in [0.05, 0.1) is 17.9 Å². The third kappa shape index (κ3) is 4.21. The quantitative estimate of drug-likeness (QED) is 0.868. The zero-order valence-electron chi connectivity index (χ0n) is 16.0. The SMILES string of the molecule is CC(C(=O)NCc1cc2n(n1)CCCN(C1CCCCC1)C2)n1cncn1. The van der Waals surface area contributed by atoms with Crippen molar-refractivity contribution in [3.63, 3.8) is 0 Å². The van der Waals surface area contributed by atoms with Crippen molar-refractivity contribution in [3.8, 4) is 0 Å². The van der Waals surface area contributed by atoms with Gasteiger partial charge in [0.25, 0.3) is 0 Å². The summed E-state index contributed by atoms with van der Waals surface area (Å²) in [5, 5.41) is 11.7. The maximum atomic E-state index is 12.3. The van der Waals surface area contributed by atoms with Crippen molar-refractivity contribution in [2.75, 3.05) is 6.54 Å². The van der Waals surface area contributed by atoms with Crippen LogP contribution in [0.15, 0.2) is 18.7 Å². The average Bonchev–Trinajstić information content (AvgIpc) is 3.32. The lowest BCUT2D eigenvalue weighted by atomic mass is 9.94. The predicted molar refractivity (Wildman–Crippen MR) is 101 cm³/mol. The summed E-state index contributed by atoms with van der Waals surface area (Å²) in [5.74, 6) is -0.0764. The monoisotopic (exact) mass is 371 g/mol. The minimum atomic E-state index is -0.380. The first-order chi connectivity index (χ1) is 13.2. The maximum Gasteiger partial charge on any atom is 0.244 e. The van der Waals surface area contributed by atoms with Crippen molar-refractivity contribution in [1.29, 1.82) is 0 Å². The fourth-order valence-electron chi connectivity index (χ4n) is 4.25. The number of nitrogens with zero attached hydrogens (tertiary/aromatic N) is 6. The standard InChI is InChI=1S/C19H29N7O/c1-15(26-14-20-13-22-26)19(27)21-11-16-10-18-12-24(8-5-9-25(18)23-16)17-6-3-2-4-7-17/h10,13-15,17H,2-9,11-12H2,1H3,(H,21,27). The molecule has 0 radical (unpaired) electrons. The molecule has 1 amide bonds. The van der Waals surface area contributed by atoms with Crippen LogP contribution in [0.3, 0.4) is 0 Å². The van der Waals surface area contributed by atoms with Crippen molar-refractivity contribution in [3.05, 3.63) is 30.1 Å². The van der Waals surface area contributed by atoms with Gasteiger partial charge < -0.3 is 5.32 Å². The summed E-state index contributed by atoms with van der Waals surface area (Å²) in [6, 6.07) is 2.50. The molecule has 0 aromatic carbocycles. The number of amides is 1. The fourth-order valence-corrected chi connectivity index (χ4v) is 4.25. The summed E-state index contributed by atoms with van der Waals surface area (Å²) in [6.07, 6.45) is 10.9. The van der Waals surface area contributed by atoms with Gasteiger partial charge in [0.15, 0.2) is 0 Å². The lowest BCUT2D eigenvalue weighted by molar-refractivity contribution is -0.124. The van der Waals surface area contributed by atoms with Gasteiger partial charge in [-0.25, -0.2) is 9.67 Å². The van der Waals surface area contributed by atoms with E-state index in [1.165, 1.54) is 44.1 Å². The van der Waals surface area contributed by atoms with E-state index in [4.69, 9.17) is 5.10 Å². The Hall–Kier alpha value is -2.22. The molecule has 1 atom stereocenters. The van der Waals surface area contributed by atoms with Crippen LogP contribution in [0.1, 0.15) is 62.9 Å². The highest BCUT2D eigenvalue weighted by Crippen LogP contribution is 2.26. The Bertz CT molecular complexity index is 748. The molecule has 2 aliphatic rings. The number of aryl methyl sites for hydroxylation is 1. The first-order valence-electron chi connectivity index (χ1n) is 10.1. The number of carbonyl (C=O) groups is 1. The van der Waals surface area contributed by atoms with Crippen molar-refractivity contribution in [2.24, 2.45) is 0 Å². The van der Waals surface area contributed by atoms with Gasteiger partial charge in [0.2, 0.25) is 5.91 Å².